The lowest BCUT2D eigenvalue weighted by Crippen LogP contribution is -2.50. The minimum absolute atomic E-state index is 0.240. The van der Waals surface area contributed by atoms with E-state index in [0.717, 1.165) is 63.1 Å². The number of amides is 1. The highest BCUT2D eigenvalue weighted by molar-refractivity contribution is 6.07. The molecule has 8 heteroatoms. The number of benzene rings is 1. The monoisotopic (exact) mass is 536 g/mol. The van der Waals surface area contributed by atoms with Gasteiger partial charge in [0, 0.05) is 72.4 Å². The summed E-state index contributed by atoms with van der Waals surface area (Å²) in [7, 11) is 0. The third kappa shape index (κ3) is 5.76. The molecule has 206 valence electrons. The van der Waals surface area contributed by atoms with Gasteiger partial charge in [-0.05, 0) is 62.7 Å². The molecule has 1 aliphatic rings. The van der Waals surface area contributed by atoms with Gasteiger partial charge < -0.3 is 19.5 Å². The number of hydrogen-bond donors (Lipinski definition) is 1. The average molecular weight is 537 g/mol. The first-order chi connectivity index (χ1) is 19.3. The Labute approximate surface area is 235 Å². The number of fused-ring (bicyclic) bond motifs is 3. The van der Waals surface area contributed by atoms with E-state index in [2.05, 4.69) is 56.3 Å². The number of pyridine rings is 3. The maximum absolute atomic E-state index is 12.4. The molecule has 8 nitrogen and oxygen atoms in total. The van der Waals surface area contributed by atoms with Crippen LogP contribution in [0.3, 0.4) is 0 Å². The molecule has 0 bridgehead atoms. The zero-order chi connectivity index (χ0) is 28.3. The van der Waals surface area contributed by atoms with Gasteiger partial charge in [0.15, 0.2) is 0 Å². The number of H-pyrrole nitrogens is 1. The van der Waals surface area contributed by atoms with Gasteiger partial charge in [0.2, 0.25) is 0 Å². The Hall–Kier alpha value is -4.46. The fourth-order valence-corrected chi connectivity index (χ4v) is 4.84. The fourth-order valence-electron chi connectivity index (χ4n) is 4.84. The number of aromatic amines is 1. The van der Waals surface area contributed by atoms with Crippen LogP contribution in [0.25, 0.3) is 44.3 Å². The minimum atomic E-state index is -0.479. The van der Waals surface area contributed by atoms with Crippen LogP contribution in [0.4, 0.5) is 10.5 Å². The van der Waals surface area contributed by atoms with Crippen molar-refractivity contribution in [1.29, 1.82) is 0 Å². The van der Waals surface area contributed by atoms with Gasteiger partial charge in [-0.2, -0.15) is 0 Å². The van der Waals surface area contributed by atoms with Crippen molar-refractivity contribution in [2.45, 2.75) is 40.2 Å². The first-order valence-electron chi connectivity index (χ1n) is 13.9. The number of rotatable bonds is 3. The van der Waals surface area contributed by atoms with Gasteiger partial charge in [0.1, 0.15) is 11.2 Å². The molecule has 0 saturated carbocycles. The third-order valence-electron chi connectivity index (χ3n) is 6.79. The van der Waals surface area contributed by atoms with Crippen LogP contribution in [0.1, 0.15) is 34.6 Å². The fraction of sp³-hybridized carbons (Fsp3) is 0.312. The SMILES string of the molecule is CC.CC(C)(C)OC(=O)N1CCN(c2ccc(-c3cnc4[nH]c5cnc(-c6cccnc6)cc5c4c3)cc2)CC1. The van der Waals surface area contributed by atoms with Crippen LogP contribution in [0.2, 0.25) is 0 Å². The molecule has 1 aromatic carbocycles. The third-order valence-corrected chi connectivity index (χ3v) is 6.79. The van der Waals surface area contributed by atoms with Crippen LogP contribution in [0.5, 0.6) is 0 Å². The van der Waals surface area contributed by atoms with Gasteiger partial charge in [0.25, 0.3) is 0 Å². The van der Waals surface area contributed by atoms with E-state index in [0.29, 0.717) is 13.1 Å². The molecule has 0 spiro atoms. The van der Waals surface area contributed by atoms with Crippen LogP contribution in [0, 0.1) is 0 Å². The van der Waals surface area contributed by atoms with Crippen LogP contribution >= 0.6 is 0 Å². The molecule has 1 amide bonds. The Morgan fingerprint density at radius 2 is 1.60 bits per heavy atom. The lowest BCUT2D eigenvalue weighted by atomic mass is 10.0. The van der Waals surface area contributed by atoms with E-state index in [1.165, 1.54) is 0 Å². The Morgan fingerprint density at radius 3 is 2.27 bits per heavy atom. The highest BCUT2D eigenvalue weighted by atomic mass is 16.6. The number of nitrogens with zero attached hydrogens (tertiary/aromatic N) is 5. The van der Waals surface area contributed by atoms with Crippen molar-refractivity contribution in [3.05, 3.63) is 73.3 Å². The van der Waals surface area contributed by atoms with Crippen LogP contribution in [-0.2, 0) is 4.74 Å². The van der Waals surface area contributed by atoms with Crippen molar-refractivity contribution in [1.82, 2.24) is 24.8 Å². The summed E-state index contributed by atoms with van der Waals surface area (Å²) in [6.45, 7) is 12.5. The molecule has 0 aliphatic carbocycles. The standard InChI is InChI=1S/C30H30N6O2.C2H6/c1-30(2,3)38-29(37)36-13-11-35(12-14-36)23-8-6-20(7-9-23)22-15-25-24-16-26(21-5-4-10-31-17-21)32-19-27(24)34-28(25)33-18-22;1-2/h4-10,15-19H,11-14H2,1-3H3,(H,33,34);1-2H3. The second kappa shape index (κ2) is 11.3. The molecule has 5 heterocycles. The molecule has 40 heavy (non-hydrogen) atoms. The Bertz CT molecular complexity index is 1600. The smallest absolute Gasteiger partial charge is 0.410 e. The Kier molecular flexibility index (Phi) is 7.69. The molecule has 4 aromatic heterocycles. The van der Waals surface area contributed by atoms with Crippen molar-refractivity contribution in [2.75, 3.05) is 31.1 Å². The molecule has 1 N–H and O–H groups in total. The number of nitrogens with one attached hydrogen (secondary N) is 1. The minimum Gasteiger partial charge on any atom is -0.444 e. The van der Waals surface area contributed by atoms with Crippen molar-refractivity contribution in [3.63, 3.8) is 0 Å². The van der Waals surface area contributed by atoms with Gasteiger partial charge in [-0.15, -0.1) is 0 Å². The zero-order valence-electron chi connectivity index (χ0n) is 23.8. The lowest BCUT2D eigenvalue weighted by Gasteiger charge is -2.36. The van der Waals surface area contributed by atoms with E-state index in [1.54, 1.807) is 11.1 Å². The van der Waals surface area contributed by atoms with Gasteiger partial charge in [-0.1, -0.05) is 26.0 Å². The summed E-state index contributed by atoms with van der Waals surface area (Å²) in [5.74, 6) is 0. The number of hydrogen-bond acceptors (Lipinski definition) is 6. The average Bonchev–Trinajstić information content (AvgIpc) is 3.35. The summed E-state index contributed by atoms with van der Waals surface area (Å²) in [6, 6.07) is 16.8. The highest BCUT2D eigenvalue weighted by Gasteiger charge is 2.26. The van der Waals surface area contributed by atoms with Crippen molar-refractivity contribution < 1.29 is 9.53 Å². The topological polar surface area (TPSA) is 87.2 Å². The van der Waals surface area contributed by atoms with E-state index >= 15 is 0 Å². The number of carbonyl (C=O) groups excluding carboxylic acids is 1. The number of piperazine rings is 1. The van der Waals surface area contributed by atoms with Crippen LogP contribution in [-0.4, -0.2) is 62.7 Å². The predicted molar refractivity (Wildman–Crippen MR) is 161 cm³/mol. The molecule has 0 atom stereocenters. The normalized spacial score (nSPS) is 13.7. The Morgan fingerprint density at radius 1 is 0.850 bits per heavy atom. The second-order valence-corrected chi connectivity index (χ2v) is 10.6. The predicted octanol–water partition coefficient (Wildman–Crippen LogP) is 6.92. The van der Waals surface area contributed by atoms with Gasteiger partial charge in [-0.3, -0.25) is 9.97 Å². The van der Waals surface area contributed by atoms with E-state index in [9.17, 15) is 4.79 Å². The molecule has 1 saturated heterocycles. The van der Waals surface area contributed by atoms with Gasteiger partial charge in [-0.25, -0.2) is 9.78 Å². The summed E-state index contributed by atoms with van der Waals surface area (Å²) in [6.07, 6.45) is 7.11. The number of anilines is 1. The number of carbonyl (C=O) groups is 1. The van der Waals surface area contributed by atoms with Crippen molar-refractivity contribution >= 4 is 33.7 Å². The largest absolute Gasteiger partial charge is 0.444 e. The van der Waals surface area contributed by atoms with Gasteiger partial charge >= 0.3 is 6.09 Å². The van der Waals surface area contributed by atoms with Crippen molar-refractivity contribution in [2.24, 2.45) is 0 Å². The van der Waals surface area contributed by atoms with E-state index < -0.39 is 5.60 Å². The number of aromatic nitrogens is 4. The molecule has 1 fully saturated rings. The maximum atomic E-state index is 12.4. The maximum Gasteiger partial charge on any atom is 0.410 e. The van der Waals surface area contributed by atoms with E-state index in [4.69, 9.17) is 9.72 Å². The first kappa shape index (κ1) is 27.1. The zero-order valence-corrected chi connectivity index (χ0v) is 23.8. The molecule has 5 aromatic rings. The molecular formula is C32H36N6O2. The quantitative estimate of drug-likeness (QED) is 0.269. The first-order valence-corrected chi connectivity index (χ1v) is 13.9. The van der Waals surface area contributed by atoms with Crippen molar-refractivity contribution in [3.8, 4) is 22.4 Å². The van der Waals surface area contributed by atoms with E-state index in [1.807, 2.05) is 65.3 Å². The summed E-state index contributed by atoms with van der Waals surface area (Å²) in [5, 5.41) is 2.15. The molecule has 6 rings (SSSR count). The highest BCUT2D eigenvalue weighted by Crippen LogP contribution is 2.31. The van der Waals surface area contributed by atoms with Gasteiger partial charge in [0.05, 0.1) is 17.4 Å². The van der Waals surface area contributed by atoms with Crippen LogP contribution in [0.15, 0.2) is 73.3 Å². The summed E-state index contributed by atoms with van der Waals surface area (Å²) >= 11 is 0. The molecule has 1 aliphatic heterocycles. The Balaban J connectivity index is 0.00000158. The molecule has 0 radical (unpaired) electrons. The molecule has 0 unspecified atom stereocenters. The van der Waals surface area contributed by atoms with Crippen LogP contribution < -0.4 is 4.90 Å². The molecular weight excluding hydrogens is 500 g/mol. The lowest BCUT2D eigenvalue weighted by molar-refractivity contribution is 0.0240. The van der Waals surface area contributed by atoms with E-state index in [-0.39, 0.29) is 6.09 Å². The second-order valence-electron chi connectivity index (χ2n) is 10.6. The number of ether oxygens (including phenoxy) is 1. The summed E-state index contributed by atoms with van der Waals surface area (Å²) < 4.78 is 5.52. The summed E-state index contributed by atoms with van der Waals surface area (Å²) in [5.41, 5.74) is 6.49. The summed E-state index contributed by atoms with van der Waals surface area (Å²) in [4.78, 5) is 33.4.